The lowest BCUT2D eigenvalue weighted by Gasteiger charge is -2.10. The quantitative estimate of drug-likeness (QED) is 0.378. The molecular weight excluding hydrogens is 314 g/mol. The van der Waals surface area contributed by atoms with Gasteiger partial charge in [0, 0.05) is 35.5 Å². The van der Waals surface area contributed by atoms with Crippen molar-refractivity contribution in [3.05, 3.63) is 62.8 Å². The lowest BCUT2D eigenvalue weighted by molar-refractivity contribution is -0.384. The second-order valence-corrected chi connectivity index (χ2v) is 6.05. The molecule has 0 aliphatic carbocycles. The number of hydrogen-bond donors (Lipinski definition) is 1. The summed E-state index contributed by atoms with van der Waals surface area (Å²) in [6, 6.07) is 7.57. The third kappa shape index (κ3) is 4.14. The van der Waals surface area contributed by atoms with Crippen molar-refractivity contribution in [2.45, 2.75) is 25.4 Å². The van der Waals surface area contributed by atoms with Crippen molar-refractivity contribution < 1.29 is 9.72 Å². The van der Waals surface area contributed by atoms with Gasteiger partial charge in [0.05, 0.1) is 10.7 Å². The molecule has 0 spiro atoms. The number of ketones is 1. The zero-order valence-corrected chi connectivity index (χ0v) is 13.7. The van der Waals surface area contributed by atoms with E-state index in [4.69, 9.17) is 5.73 Å². The Labute approximate surface area is 138 Å². The molecule has 120 valence electrons. The van der Waals surface area contributed by atoms with Crippen LogP contribution in [0.1, 0.15) is 27.2 Å². The first kappa shape index (κ1) is 17.1. The molecule has 23 heavy (non-hydrogen) atoms. The maximum Gasteiger partial charge on any atom is 0.269 e. The lowest BCUT2D eigenvalue weighted by atomic mass is 10.1. The minimum Gasteiger partial charge on any atom is -0.326 e. The van der Waals surface area contributed by atoms with E-state index in [1.54, 1.807) is 0 Å². The minimum absolute atomic E-state index is 0.0319. The number of rotatable bonds is 6. The predicted octanol–water partition coefficient (Wildman–Crippen LogP) is 3.04. The molecular formula is C16H17N3O3S. The summed E-state index contributed by atoms with van der Waals surface area (Å²) >= 11 is 1.34. The molecule has 2 N–H and O–H groups in total. The third-order valence-corrected chi connectivity index (χ3v) is 4.40. The number of nitrogens with two attached hydrogens (primary N) is 1. The maximum atomic E-state index is 12.2. The molecule has 1 aromatic heterocycles. The van der Waals surface area contributed by atoms with Crippen LogP contribution >= 0.6 is 11.8 Å². The average molecular weight is 331 g/mol. The predicted molar refractivity (Wildman–Crippen MR) is 89.8 cm³/mol. The second kappa shape index (κ2) is 7.34. The van der Waals surface area contributed by atoms with Crippen LogP contribution in [0.5, 0.6) is 0 Å². The summed E-state index contributed by atoms with van der Waals surface area (Å²) in [5.74, 6) is 0.106. The summed E-state index contributed by atoms with van der Waals surface area (Å²) < 4.78 is 0. The number of hydrogen-bond acceptors (Lipinski definition) is 6. The van der Waals surface area contributed by atoms with E-state index in [-0.39, 0.29) is 17.2 Å². The van der Waals surface area contributed by atoms with Crippen LogP contribution in [-0.2, 0) is 6.54 Å². The molecule has 6 nitrogen and oxygen atoms in total. The first-order valence-corrected chi connectivity index (χ1v) is 7.98. The highest BCUT2D eigenvalue weighted by Crippen LogP contribution is 2.25. The fourth-order valence-corrected chi connectivity index (χ4v) is 3.24. The van der Waals surface area contributed by atoms with Crippen LogP contribution in [-0.4, -0.2) is 21.4 Å². The van der Waals surface area contributed by atoms with Gasteiger partial charge in [0.15, 0.2) is 5.78 Å². The summed E-state index contributed by atoms with van der Waals surface area (Å²) in [6.07, 6.45) is 0. The largest absolute Gasteiger partial charge is 0.326 e. The van der Waals surface area contributed by atoms with E-state index in [9.17, 15) is 14.9 Å². The fraction of sp³-hybridized carbons (Fsp3) is 0.250. The molecule has 0 bridgehead atoms. The Morgan fingerprint density at radius 2 is 1.96 bits per heavy atom. The molecule has 0 aliphatic heterocycles. The van der Waals surface area contributed by atoms with Gasteiger partial charge in [-0.3, -0.25) is 14.9 Å². The number of nitro groups is 1. The van der Waals surface area contributed by atoms with Crippen LogP contribution in [0.15, 0.2) is 35.4 Å². The highest BCUT2D eigenvalue weighted by molar-refractivity contribution is 8.00. The molecule has 0 radical (unpaired) electrons. The van der Waals surface area contributed by atoms with Crippen LogP contribution in [0.4, 0.5) is 5.69 Å². The number of pyridine rings is 1. The van der Waals surface area contributed by atoms with E-state index >= 15 is 0 Å². The Kier molecular flexibility index (Phi) is 5.46. The van der Waals surface area contributed by atoms with Gasteiger partial charge in [-0.25, -0.2) is 4.98 Å². The molecule has 0 atom stereocenters. The lowest BCUT2D eigenvalue weighted by Crippen LogP contribution is -2.07. The Morgan fingerprint density at radius 1 is 1.30 bits per heavy atom. The van der Waals surface area contributed by atoms with Crippen LogP contribution < -0.4 is 5.73 Å². The van der Waals surface area contributed by atoms with Crippen LogP contribution in [0.3, 0.4) is 0 Å². The molecule has 0 aliphatic rings. The summed E-state index contributed by atoms with van der Waals surface area (Å²) in [7, 11) is 0. The Morgan fingerprint density at radius 3 is 2.52 bits per heavy atom. The highest BCUT2D eigenvalue weighted by atomic mass is 32.2. The van der Waals surface area contributed by atoms with Crippen molar-refractivity contribution in [3.8, 4) is 0 Å². The van der Waals surface area contributed by atoms with Crippen molar-refractivity contribution >= 4 is 23.2 Å². The molecule has 2 aromatic rings. The first-order chi connectivity index (χ1) is 10.9. The molecule has 0 fully saturated rings. The minimum atomic E-state index is -0.490. The van der Waals surface area contributed by atoms with E-state index in [0.29, 0.717) is 12.1 Å². The molecule has 0 unspecified atom stereocenters. The summed E-state index contributed by atoms with van der Waals surface area (Å²) in [4.78, 5) is 26.8. The monoisotopic (exact) mass is 331 g/mol. The van der Waals surface area contributed by atoms with Crippen molar-refractivity contribution in [3.63, 3.8) is 0 Å². The number of carbonyl (C=O) groups excluding carboxylic acids is 1. The summed E-state index contributed by atoms with van der Waals surface area (Å²) in [6.45, 7) is 4.24. The number of aryl methyl sites for hydroxylation is 2. The second-order valence-electron chi connectivity index (χ2n) is 5.08. The maximum absolute atomic E-state index is 12.2. The Bertz CT molecular complexity index is 745. The van der Waals surface area contributed by atoms with E-state index < -0.39 is 4.92 Å². The number of aromatic nitrogens is 1. The number of non-ortho nitro benzene ring substituents is 1. The van der Waals surface area contributed by atoms with E-state index in [1.807, 2.05) is 19.9 Å². The van der Waals surface area contributed by atoms with Gasteiger partial charge in [-0.15, -0.1) is 0 Å². The van der Waals surface area contributed by atoms with Crippen LogP contribution in [0.2, 0.25) is 0 Å². The number of thioether (sulfide) groups is 1. The first-order valence-electron chi connectivity index (χ1n) is 7.00. The molecule has 0 saturated heterocycles. The summed E-state index contributed by atoms with van der Waals surface area (Å²) in [5, 5.41) is 11.4. The fourth-order valence-electron chi connectivity index (χ4n) is 2.18. The topological polar surface area (TPSA) is 99.1 Å². The molecule has 1 heterocycles. The zero-order chi connectivity index (χ0) is 17.0. The molecule has 2 rings (SSSR count). The van der Waals surface area contributed by atoms with Crippen molar-refractivity contribution in [2.75, 3.05) is 5.75 Å². The number of carbonyl (C=O) groups is 1. The van der Waals surface area contributed by atoms with Crippen molar-refractivity contribution in [2.24, 2.45) is 5.73 Å². The van der Waals surface area contributed by atoms with Crippen molar-refractivity contribution in [1.29, 1.82) is 0 Å². The molecule has 0 amide bonds. The normalized spacial score (nSPS) is 10.6. The number of benzene rings is 1. The van der Waals surface area contributed by atoms with Gasteiger partial charge in [0.2, 0.25) is 0 Å². The SMILES string of the molecule is Cc1cc(C)c(CN)c(SCC(=O)c2ccc([N+](=O)[O-])cc2)n1. The van der Waals surface area contributed by atoms with Gasteiger partial charge < -0.3 is 5.73 Å². The van der Waals surface area contributed by atoms with Gasteiger partial charge in [-0.1, -0.05) is 11.8 Å². The van der Waals surface area contributed by atoms with Crippen LogP contribution in [0.25, 0.3) is 0 Å². The van der Waals surface area contributed by atoms with Gasteiger partial charge in [0.25, 0.3) is 5.69 Å². The van der Waals surface area contributed by atoms with Gasteiger partial charge in [-0.05, 0) is 37.6 Å². The number of nitro benzene ring substituents is 1. The van der Waals surface area contributed by atoms with Gasteiger partial charge in [0.1, 0.15) is 5.03 Å². The smallest absolute Gasteiger partial charge is 0.269 e. The number of Topliss-reactive ketones (excluding diaryl/α,β-unsaturated/α-hetero) is 1. The van der Waals surface area contributed by atoms with E-state index in [0.717, 1.165) is 21.8 Å². The zero-order valence-electron chi connectivity index (χ0n) is 12.9. The van der Waals surface area contributed by atoms with Crippen molar-refractivity contribution in [1.82, 2.24) is 4.98 Å². The Hall–Kier alpha value is -2.25. The van der Waals surface area contributed by atoms with Gasteiger partial charge >= 0.3 is 0 Å². The highest BCUT2D eigenvalue weighted by Gasteiger charge is 2.13. The third-order valence-electron chi connectivity index (χ3n) is 3.38. The van der Waals surface area contributed by atoms with E-state index in [2.05, 4.69) is 4.98 Å². The Balaban J connectivity index is 2.11. The van der Waals surface area contributed by atoms with Crippen LogP contribution in [0, 0.1) is 24.0 Å². The number of nitrogens with zero attached hydrogens (tertiary/aromatic N) is 2. The average Bonchev–Trinajstić information content (AvgIpc) is 2.52. The molecule has 0 saturated carbocycles. The van der Waals surface area contributed by atoms with Gasteiger partial charge in [-0.2, -0.15) is 0 Å². The standard InChI is InChI=1S/C16H17N3O3S/c1-10-7-11(2)18-16(14(10)8-17)23-9-15(20)12-3-5-13(6-4-12)19(21)22/h3-7H,8-9,17H2,1-2H3. The summed E-state index contributed by atoms with van der Waals surface area (Å²) in [5.41, 5.74) is 9.06. The molecule has 7 heteroatoms. The van der Waals surface area contributed by atoms with E-state index in [1.165, 1.54) is 36.0 Å². The molecule has 1 aromatic carbocycles.